The van der Waals surface area contributed by atoms with Crippen molar-refractivity contribution < 1.29 is 14.3 Å². The van der Waals surface area contributed by atoms with Crippen LogP contribution in [0.15, 0.2) is 47.6 Å². The predicted molar refractivity (Wildman–Crippen MR) is 117 cm³/mol. The van der Waals surface area contributed by atoms with E-state index in [1.165, 1.54) is 11.8 Å². The molecular formula is C21H25ClN2O3S. The van der Waals surface area contributed by atoms with Gasteiger partial charge in [-0.25, -0.2) is 5.43 Å². The van der Waals surface area contributed by atoms with Crippen LogP contribution >= 0.6 is 23.4 Å². The largest absolute Gasteiger partial charge is 0.490 e. The van der Waals surface area contributed by atoms with Gasteiger partial charge in [0.1, 0.15) is 0 Å². The van der Waals surface area contributed by atoms with E-state index in [1.54, 1.807) is 6.21 Å². The Hall–Kier alpha value is -2.18. The Labute approximate surface area is 175 Å². The lowest BCUT2D eigenvalue weighted by Gasteiger charge is -2.11. The summed E-state index contributed by atoms with van der Waals surface area (Å²) in [5.41, 5.74) is 4.49. The molecule has 0 aromatic heterocycles. The number of thioether (sulfide) groups is 1. The molecule has 0 fully saturated rings. The quantitative estimate of drug-likeness (QED) is 0.414. The first-order valence-electron chi connectivity index (χ1n) is 9.16. The van der Waals surface area contributed by atoms with E-state index >= 15 is 0 Å². The maximum atomic E-state index is 11.9. The number of carbonyl (C=O) groups excluding carboxylic acids is 1. The molecule has 1 amide bonds. The smallest absolute Gasteiger partial charge is 0.250 e. The highest BCUT2D eigenvalue weighted by atomic mass is 35.5. The van der Waals surface area contributed by atoms with E-state index in [4.69, 9.17) is 21.1 Å². The zero-order chi connectivity index (χ0) is 20.2. The van der Waals surface area contributed by atoms with Crippen LogP contribution < -0.4 is 14.9 Å². The average Bonchev–Trinajstić information content (AvgIpc) is 2.69. The summed E-state index contributed by atoms with van der Waals surface area (Å²) >= 11 is 7.38. The molecule has 5 nitrogen and oxygen atoms in total. The Kier molecular flexibility index (Phi) is 9.72. The van der Waals surface area contributed by atoms with Crippen LogP contribution in [0.5, 0.6) is 11.5 Å². The van der Waals surface area contributed by atoms with Gasteiger partial charge in [0.2, 0.25) is 5.91 Å². The zero-order valence-electron chi connectivity index (χ0n) is 16.1. The fourth-order valence-electron chi connectivity index (χ4n) is 2.26. The van der Waals surface area contributed by atoms with Gasteiger partial charge in [-0.05, 0) is 54.8 Å². The third-order valence-corrected chi connectivity index (χ3v) is 4.80. The van der Waals surface area contributed by atoms with Crippen LogP contribution in [0, 0.1) is 0 Å². The van der Waals surface area contributed by atoms with Gasteiger partial charge in [0.15, 0.2) is 11.5 Å². The van der Waals surface area contributed by atoms with Crippen molar-refractivity contribution in [1.29, 1.82) is 0 Å². The minimum Gasteiger partial charge on any atom is -0.490 e. The normalized spacial score (nSPS) is 10.8. The molecule has 0 heterocycles. The minimum atomic E-state index is -0.150. The summed E-state index contributed by atoms with van der Waals surface area (Å²) < 4.78 is 11.3. The number of hydrogen-bond donors (Lipinski definition) is 1. The predicted octanol–water partition coefficient (Wildman–Crippen LogP) is 4.91. The molecule has 0 bridgehead atoms. The molecule has 0 aliphatic rings. The van der Waals surface area contributed by atoms with Crippen molar-refractivity contribution in [3.05, 3.63) is 58.6 Å². The Morgan fingerprint density at radius 2 is 1.93 bits per heavy atom. The lowest BCUT2D eigenvalue weighted by molar-refractivity contribution is -0.118. The van der Waals surface area contributed by atoms with Crippen LogP contribution in [0.1, 0.15) is 31.4 Å². The highest BCUT2D eigenvalue weighted by molar-refractivity contribution is 7.99. The summed E-state index contributed by atoms with van der Waals surface area (Å²) in [6.07, 6.45) is 2.52. The molecule has 1 N–H and O–H groups in total. The topological polar surface area (TPSA) is 59.9 Å². The van der Waals surface area contributed by atoms with Crippen molar-refractivity contribution in [2.75, 3.05) is 19.0 Å². The molecule has 0 saturated carbocycles. The summed E-state index contributed by atoms with van der Waals surface area (Å²) in [5, 5.41) is 4.73. The second-order valence-corrected chi connectivity index (χ2v) is 7.32. The van der Waals surface area contributed by atoms with E-state index < -0.39 is 0 Å². The van der Waals surface area contributed by atoms with Gasteiger partial charge >= 0.3 is 0 Å². The molecule has 7 heteroatoms. The van der Waals surface area contributed by atoms with E-state index in [0.717, 1.165) is 23.3 Å². The number of ether oxygens (including phenoxy) is 2. The Morgan fingerprint density at radius 3 is 2.64 bits per heavy atom. The lowest BCUT2D eigenvalue weighted by Crippen LogP contribution is -2.19. The third-order valence-electron chi connectivity index (χ3n) is 3.55. The van der Waals surface area contributed by atoms with Crippen molar-refractivity contribution in [3.63, 3.8) is 0 Å². The summed E-state index contributed by atoms with van der Waals surface area (Å²) in [7, 11) is 0. The third kappa shape index (κ3) is 7.82. The van der Waals surface area contributed by atoms with Crippen LogP contribution in [0.25, 0.3) is 0 Å². The van der Waals surface area contributed by atoms with Gasteiger partial charge in [0.25, 0.3) is 0 Å². The average molecular weight is 421 g/mol. The summed E-state index contributed by atoms with van der Waals surface area (Å²) in [6, 6.07) is 13.2. The highest BCUT2D eigenvalue weighted by Crippen LogP contribution is 2.28. The molecule has 150 valence electrons. The fraction of sp³-hybridized carbons (Fsp3) is 0.333. The molecule has 0 unspecified atom stereocenters. The van der Waals surface area contributed by atoms with E-state index in [2.05, 4.69) is 17.5 Å². The SMILES string of the molecule is CCCOc1ccc(C=NNC(=O)CSCc2ccc(Cl)cc2)cc1OCC. The van der Waals surface area contributed by atoms with Crippen LogP contribution in [0.2, 0.25) is 5.02 Å². The molecule has 0 atom stereocenters. The Bertz CT molecular complexity index is 782. The first-order chi connectivity index (χ1) is 13.6. The summed E-state index contributed by atoms with van der Waals surface area (Å²) in [6.45, 7) is 5.16. The molecule has 0 aliphatic carbocycles. The Morgan fingerprint density at radius 1 is 1.14 bits per heavy atom. The van der Waals surface area contributed by atoms with Gasteiger partial charge in [-0.3, -0.25) is 4.79 Å². The lowest BCUT2D eigenvalue weighted by atomic mass is 10.2. The van der Waals surface area contributed by atoms with Crippen molar-refractivity contribution in [2.45, 2.75) is 26.0 Å². The number of hydrogen-bond acceptors (Lipinski definition) is 5. The number of carbonyl (C=O) groups is 1. The molecule has 0 radical (unpaired) electrons. The second-order valence-electron chi connectivity index (χ2n) is 5.90. The van der Waals surface area contributed by atoms with E-state index in [9.17, 15) is 4.79 Å². The van der Waals surface area contributed by atoms with E-state index in [0.29, 0.717) is 35.5 Å². The van der Waals surface area contributed by atoms with Crippen LogP contribution in [-0.2, 0) is 10.5 Å². The maximum absolute atomic E-state index is 11.9. The van der Waals surface area contributed by atoms with Crippen molar-refractivity contribution >= 4 is 35.5 Å². The van der Waals surface area contributed by atoms with Gasteiger partial charge in [-0.1, -0.05) is 30.7 Å². The molecule has 2 rings (SSSR count). The van der Waals surface area contributed by atoms with Crippen LogP contribution in [-0.4, -0.2) is 31.1 Å². The number of halogens is 1. The second kappa shape index (κ2) is 12.3. The minimum absolute atomic E-state index is 0.150. The number of amides is 1. The van der Waals surface area contributed by atoms with E-state index in [1.807, 2.05) is 49.4 Å². The van der Waals surface area contributed by atoms with Crippen molar-refractivity contribution in [3.8, 4) is 11.5 Å². The first-order valence-corrected chi connectivity index (χ1v) is 10.7. The van der Waals surface area contributed by atoms with E-state index in [-0.39, 0.29) is 5.91 Å². The number of benzene rings is 2. The highest BCUT2D eigenvalue weighted by Gasteiger charge is 2.06. The van der Waals surface area contributed by atoms with Crippen molar-refractivity contribution in [1.82, 2.24) is 5.43 Å². The van der Waals surface area contributed by atoms with Crippen LogP contribution in [0.4, 0.5) is 0 Å². The zero-order valence-corrected chi connectivity index (χ0v) is 17.7. The molecule has 0 aliphatic heterocycles. The fourth-order valence-corrected chi connectivity index (χ4v) is 3.16. The monoisotopic (exact) mass is 420 g/mol. The van der Waals surface area contributed by atoms with Gasteiger partial charge in [-0.15, -0.1) is 11.8 Å². The molecule has 0 saturated heterocycles. The van der Waals surface area contributed by atoms with Gasteiger partial charge in [0.05, 0.1) is 25.2 Å². The number of nitrogens with one attached hydrogen (secondary N) is 1. The molecular weight excluding hydrogens is 396 g/mol. The summed E-state index contributed by atoms with van der Waals surface area (Å²) in [5.74, 6) is 2.30. The molecule has 0 spiro atoms. The number of hydrazone groups is 1. The molecule has 2 aromatic carbocycles. The van der Waals surface area contributed by atoms with Gasteiger partial charge < -0.3 is 9.47 Å². The van der Waals surface area contributed by atoms with Gasteiger partial charge in [0, 0.05) is 10.8 Å². The maximum Gasteiger partial charge on any atom is 0.250 e. The molecule has 28 heavy (non-hydrogen) atoms. The molecule has 2 aromatic rings. The number of rotatable bonds is 11. The van der Waals surface area contributed by atoms with Crippen LogP contribution in [0.3, 0.4) is 0 Å². The summed E-state index contributed by atoms with van der Waals surface area (Å²) in [4.78, 5) is 11.9. The first kappa shape index (κ1) is 22.1. The Balaban J connectivity index is 1.81. The van der Waals surface area contributed by atoms with Crippen molar-refractivity contribution in [2.24, 2.45) is 5.10 Å². The van der Waals surface area contributed by atoms with Gasteiger partial charge in [-0.2, -0.15) is 5.10 Å². The number of nitrogens with zero attached hydrogens (tertiary/aromatic N) is 1. The standard InChI is InChI=1S/C21H25ClN2O3S/c1-3-11-27-19-10-7-17(12-20(19)26-4-2)13-23-24-21(25)15-28-14-16-5-8-18(22)9-6-16/h5-10,12-13H,3-4,11,14-15H2,1-2H3,(H,24,25).